The van der Waals surface area contributed by atoms with Crippen molar-refractivity contribution in [2.45, 2.75) is 0 Å². The number of hydrogen-bond acceptors (Lipinski definition) is 5. The second-order valence-electron chi connectivity index (χ2n) is 5.29. The van der Waals surface area contributed by atoms with Crippen molar-refractivity contribution >= 4 is 16.8 Å². The van der Waals surface area contributed by atoms with Crippen LogP contribution in [0, 0.1) is 11.3 Å². The summed E-state index contributed by atoms with van der Waals surface area (Å²) in [6, 6.07) is 12.3. The fourth-order valence-electron chi connectivity index (χ4n) is 2.73. The Hall–Kier alpha value is -3.46. The average molecular weight is 336 g/mol. The topological polar surface area (TPSA) is 73.5 Å². The molecule has 0 bridgehead atoms. The molecule has 0 amide bonds. The molecule has 2 aromatic carbocycles. The van der Waals surface area contributed by atoms with Crippen LogP contribution in [0.15, 0.2) is 42.6 Å². The lowest BCUT2D eigenvalue weighted by Gasteiger charge is -2.14. The summed E-state index contributed by atoms with van der Waals surface area (Å²) in [6.45, 7) is 0. The van der Waals surface area contributed by atoms with Crippen LogP contribution in [0.4, 0.5) is 0 Å². The van der Waals surface area contributed by atoms with Gasteiger partial charge in [0.25, 0.3) is 5.91 Å². The summed E-state index contributed by atoms with van der Waals surface area (Å²) in [5.74, 6) is 1.01. The first-order valence-corrected chi connectivity index (χ1v) is 7.49. The second-order valence-corrected chi connectivity index (χ2v) is 5.29. The Morgan fingerprint density at radius 2 is 1.68 bits per heavy atom. The molecule has 0 spiro atoms. The Morgan fingerprint density at radius 1 is 1.00 bits per heavy atom. The zero-order chi connectivity index (χ0) is 18.0. The highest BCUT2D eigenvalue weighted by Gasteiger charge is 2.19. The number of aromatic nitrogens is 1. The van der Waals surface area contributed by atoms with Crippen molar-refractivity contribution < 1.29 is 19.0 Å². The van der Waals surface area contributed by atoms with Crippen molar-refractivity contribution in [2.24, 2.45) is 0 Å². The largest absolute Gasteiger partial charge is 0.493 e. The summed E-state index contributed by atoms with van der Waals surface area (Å²) in [4.78, 5) is 13.0. The Bertz CT molecular complexity index is 973. The molecule has 0 N–H and O–H groups in total. The Morgan fingerprint density at radius 3 is 2.24 bits per heavy atom. The molecular formula is C19H16N2O4. The third-order valence-corrected chi connectivity index (χ3v) is 3.95. The minimum atomic E-state index is -0.237. The molecule has 0 unspecified atom stereocenters. The zero-order valence-electron chi connectivity index (χ0n) is 14.1. The van der Waals surface area contributed by atoms with Gasteiger partial charge in [-0.1, -0.05) is 0 Å². The molecule has 0 atom stereocenters. The molecule has 6 heteroatoms. The third kappa shape index (κ3) is 2.76. The molecule has 0 saturated carbocycles. The quantitative estimate of drug-likeness (QED) is 0.731. The number of rotatable bonds is 4. The fourth-order valence-corrected chi connectivity index (χ4v) is 2.73. The summed E-state index contributed by atoms with van der Waals surface area (Å²) in [5.41, 5.74) is 1.67. The van der Waals surface area contributed by atoms with E-state index in [2.05, 4.69) is 6.07 Å². The van der Waals surface area contributed by atoms with Crippen LogP contribution >= 0.6 is 0 Å². The van der Waals surface area contributed by atoms with Crippen LogP contribution in [0.3, 0.4) is 0 Å². The second kappa shape index (κ2) is 6.57. The number of methoxy groups -OCH3 is 3. The number of carbonyl (C=O) groups is 1. The maximum Gasteiger partial charge on any atom is 0.262 e. The molecule has 0 aliphatic carbocycles. The first-order chi connectivity index (χ1) is 12.1. The van der Waals surface area contributed by atoms with Gasteiger partial charge in [-0.05, 0) is 36.4 Å². The molecule has 0 radical (unpaired) electrons. The predicted molar refractivity (Wildman–Crippen MR) is 92.5 cm³/mol. The van der Waals surface area contributed by atoms with Crippen LogP contribution < -0.4 is 14.2 Å². The Kier molecular flexibility index (Phi) is 4.31. The fraction of sp³-hybridized carbons (Fsp3) is 0.158. The number of carbonyl (C=O) groups excluding carboxylic acids is 1. The number of ether oxygens (including phenoxy) is 3. The van der Waals surface area contributed by atoms with Crippen molar-refractivity contribution in [1.82, 2.24) is 4.57 Å². The van der Waals surface area contributed by atoms with Crippen molar-refractivity contribution in [1.29, 1.82) is 5.26 Å². The van der Waals surface area contributed by atoms with Crippen LogP contribution in [0.1, 0.15) is 15.9 Å². The van der Waals surface area contributed by atoms with Gasteiger partial charge in [0.2, 0.25) is 5.75 Å². The Labute approximate surface area is 144 Å². The number of benzene rings is 2. The Balaban J connectivity index is 2.11. The monoisotopic (exact) mass is 336 g/mol. The van der Waals surface area contributed by atoms with E-state index in [0.29, 0.717) is 28.4 Å². The van der Waals surface area contributed by atoms with Crippen molar-refractivity contribution in [2.75, 3.05) is 21.3 Å². The van der Waals surface area contributed by atoms with Gasteiger partial charge >= 0.3 is 0 Å². The van der Waals surface area contributed by atoms with E-state index in [1.807, 2.05) is 0 Å². The minimum Gasteiger partial charge on any atom is -0.493 e. The van der Waals surface area contributed by atoms with Gasteiger partial charge in [-0.2, -0.15) is 5.26 Å². The highest BCUT2D eigenvalue weighted by molar-refractivity contribution is 6.03. The minimum absolute atomic E-state index is 0.237. The molecule has 6 nitrogen and oxygen atoms in total. The van der Waals surface area contributed by atoms with Crippen LogP contribution in [0.5, 0.6) is 17.2 Å². The molecule has 3 aromatic rings. The van der Waals surface area contributed by atoms with E-state index in [-0.39, 0.29) is 5.91 Å². The smallest absolute Gasteiger partial charge is 0.262 e. The van der Waals surface area contributed by atoms with Crippen LogP contribution in [-0.2, 0) is 0 Å². The lowest BCUT2D eigenvalue weighted by Crippen LogP contribution is -2.11. The highest BCUT2D eigenvalue weighted by Crippen LogP contribution is 2.38. The van der Waals surface area contributed by atoms with E-state index in [9.17, 15) is 4.79 Å². The van der Waals surface area contributed by atoms with Gasteiger partial charge in [0.1, 0.15) is 0 Å². The molecule has 126 valence electrons. The summed E-state index contributed by atoms with van der Waals surface area (Å²) in [5, 5.41) is 9.81. The number of nitriles is 1. The van der Waals surface area contributed by atoms with E-state index < -0.39 is 0 Å². The normalized spacial score (nSPS) is 10.3. The van der Waals surface area contributed by atoms with Gasteiger partial charge in [0.15, 0.2) is 11.5 Å². The lowest BCUT2D eigenvalue weighted by molar-refractivity contribution is 0.0964. The van der Waals surface area contributed by atoms with E-state index in [1.165, 1.54) is 25.9 Å². The average Bonchev–Trinajstić information content (AvgIpc) is 3.08. The molecule has 1 heterocycles. The van der Waals surface area contributed by atoms with Gasteiger partial charge in [-0.15, -0.1) is 0 Å². The summed E-state index contributed by atoms with van der Waals surface area (Å²) >= 11 is 0. The van der Waals surface area contributed by atoms with Gasteiger partial charge in [-0.25, -0.2) is 0 Å². The molecule has 0 aliphatic rings. The van der Waals surface area contributed by atoms with E-state index in [0.717, 1.165) is 10.9 Å². The molecule has 25 heavy (non-hydrogen) atoms. The first-order valence-electron chi connectivity index (χ1n) is 7.49. The molecule has 0 aliphatic heterocycles. The van der Waals surface area contributed by atoms with E-state index >= 15 is 0 Å². The number of nitrogens with zero attached hydrogens (tertiary/aromatic N) is 2. The van der Waals surface area contributed by atoms with Crippen molar-refractivity contribution in [3.63, 3.8) is 0 Å². The van der Waals surface area contributed by atoms with Crippen LogP contribution in [-0.4, -0.2) is 31.8 Å². The lowest BCUT2D eigenvalue weighted by atomic mass is 10.1. The van der Waals surface area contributed by atoms with Crippen LogP contribution in [0.2, 0.25) is 0 Å². The molecule has 1 aromatic heterocycles. The van der Waals surface area contributed by atoms with E-state index in [1.54, 1.807) is 42.6 Å². The van der Waals surface area contributed by atoms with Crippen LogP contribution in [0.25, 0.3) is 10.9 Å². The summed E-state index contributed by atoms with van der Waals surface area (Å²) in [6.07, 6.45) is 1.68. The summed E-state index contributed by atoms with van der Waals surface area (Å²) < 4.78 is 17.4. The van der Waals surface area contributed by atoms with Gasteiger partial charge in [-0.3, -0.25) is 9.36 Å². The molecule has 0 saturated heterocycles. The van der Waals surface area contributed by atoms with Gasteiger partial charge in [0, 0.05) is 17.1 Å². The molecule has 0 fully saturated rings. The number of hydrogen-bond donors (Lipinski definition) is 0. The molecular weight excluding hydrogens is 320 g/mol. The maximum atomic E-state index is 13.0. The zero-order valence-corrected chi connectivity index (χ0v) is 14.1. The maximum absolute atomic E-state index is 13.0. The van der Waals surface area contributed by atoms with Crippen molar-refractivity contribution in [3.8, 4) is 23.3 Å². The first kappa shape index (κ1) is 16.4. The molecule has 3 rings (SSSR count). The van der Waals surface area contributed by atoms with Gasteiger partial charge < -0.3 is 14.2 Å². The third-order valence-electron chi connectivity index (χ3n) is 3.95. The summed E-state index contributed by atoms with van der Waals surface area (Å²) in [7, 11) is 4.51. The van der Waals surface area contributed by atoms with Crippen molar-refractivity contribution in [3.05, 3.63) is 53.7 Å². The van der Waals surface area contributed by atoms with E-state index in [4.69, 9.17) is 19.5 Å². The number of fused-ring (bicyclic) bond motifs is 1. The predicted octanol–water partition coefficient (Wildman–Crippen LogP) is 3.23. The highest BCUT2D eigenvalue weighted by atomic mass is 16.5. The van der Waals surface area contributed by atoms with Gasteiger partial charge in [0.05, 0.1) is 38.5 Å². The SMILES string of the molecule is COc1cc(C(=O)n2ccc3cc(C#N)ccc32)cc(OC)c1OC. The standard InChI is InChI=1S/C19H16N2O4/c1-23-16-9-14(10-17(24-2)18(16)25-3)19(22)21-7-6-13-8-12(11-20)4-5-15(13)21/h4-10H,1-3H3.